The van der Waals surface area contributed by atoms with Crippen LogP contribution in [0.3, 0.4) is 0 Å². The largest absolute Gasteiger partial charge is 0.385 e. The molecule has 2 aliphatic rings. The minimum atomic E-state index is -0.494. The number of hydrogen-bond acceptors (Lipinski definition) is 4. The molecule has 1 saturated heterocycles. The van der Waals surface area contributed by atoms with Crippen LogP contribution >= 0.6 is 0 Å². The first kappa shape index (κ1) is 12.0. The maximum Gasteiger partial charge on any atom is 0.227 e. The SMILES string of the molecule is CC[C@@H](O)c1nnc(N2CC3CCCC32)n1CC. The zero-order valence-electron chi connectivity index (χ0n) is 11.2. The Morgan fingerprint density at radius 3 is 2.83 bits per heavy atom. The van der Waals surface area contributed by atoms with Crippen molar-refractivity contribution in [3.8, 4) is 0 Å². The van der Waals surface area contributed by atoms with Crippen molar-refractivity contribution in [2.45, 2.75) is 58.2 Å². The second-order valence-corrected chi connectivity index (χ2v) is 5.44. The molecule has 1 aliphatic heterocycles. The smallest absolute Gasteiger partial charge is 0.227 e. The molecular formula is C13H22N4O. The Hall–Kier alpha value is -1.10. The van der Waals surface area contributed by atoms with E-state index in [1.807, 2.05) is 6.92 Å². The van der Waals surface area contributed by atoms with Gasteiger partial charge < -0.3 is 10.0 Å². The maximum absolute atomic E-state index is 9.97. The molecular weight excluding hydrogens is 228 g/mol. The molecule has 5 nitrogen and oxygen atoms in total. The second-order valence-electron chi connectivity index (χ2n) is 5.44. The molecule has 1 aromatic heterocycles. The summed E-state index contributed by atoms with van der Waals surface area (Å²) in [5.74, 6) is 2.55. The summed E-state index contributed by atoms with van der Waals surface area (Å²) in [6.45, 7) is 5.99. The van der Waals surface area contributed by atoms with Crippen molar-refractivity contribution >= 4 is 5.95 Å². The molecule has 18 heavy (non-hydrogen) atoms. The van der Waals surface area contributed by atoms with Crippen LogP contribution in [-0.2, 0) is 6.54 Å². The zero-order valence-corrected chi connectivity index (χ0v) is 11.2. The van der Waals surface area contributed by atoms with Crippen LogP contribution in [0.4, 0.5) is 5.95 Å². The second kappa shape index (κ2) is 4.53. The number of aromatic nitrogens is 3. The molecule has 5 heteroatoms. The highest BCUT2D eigenvalue weighted by Crippen LogP contribution is 2.41. The van der Waals surface area contributed by atoms with E-state index in [1.54, 1.807) is 0 Å². The molecule has 1 N–H and O–H groups in total. The number of fused-ring (bicyclic) bond motifs is 1. The molecule has 0 amide bonds. The molecule has 0 radical (unpaired) electrons. The Bertz CT molecular complexity index is 431. The van der Waals surface area contributed by atoms with Crippen molar-refractivity contribution in [3.05, 3.63) is 5.82 Å². The van der Waals surface area contributed by atoms with Crippen molar-refractivity contribution in [1.29, 1.82) is 0 Å². The van der Waals surface area contributed by atoms with Gasteiger partial charge in [-0.05, 0) is 32.1 Å². The van der Waals surface area contributed by atoms with E-state index in [9.17, 15) is 5.11 Å². The van der Waals surface area contributed by atoms with E-state index in [1.165, 1.54) is 19.3 Å². The van der Waals surface area contributed by atoms with E-state index in [-0.39, 0.29) is 0 Å². The summed E-state index contributed by atoms with van der Waals surface area (Å²) in [4.78, 5) is 2.38. The van der Waals surface area contributed by atoms with Crippen LogP contribution in [0.15, 0.2) is 0 Å². The molecule has 1 aromatic rings. The lowest BCUT2D eigenvalue weighted by Crippen LogP contribution is -2.54. The Morgan fingerprint density at radius 1 is 1.33 bits per heavy atom. The zero-order chi connectivity index (χ0) is 12.7. The van der Waals surface area contributed by atoms with E-state index in [2.05, 4.69) is 26.6 Å². The molecule has 0 bridgehead atoms. The van der Waals surface area contributed by atoms with Gasteiger partial charge in [0.2, 0.25) is 5.95 Å². The Balaban J connectivity index is 1.86. The lowest BCUT2D eigenvalue weighted by atomic mass is 9.92. The fourth-order valence-corrected chi connectivity index (χ4v) is 3.37. The highest BCUT2D eigenvalue weighted by atomic mass is 16.3. The lowest BCUT2D eigenvalue weighted by Gasteiger charge is -2.45. The van der Waals surface area contributed by atoms with Gasteiger partial charge in [0.05, 0.1) is 0 Å². The van der Waals surface area contributed by atoms with Gasteiger partial charge in [0.15, 0.2) is 5.82 Å². The number of rotatable bonds is 4. The van der Waals surface area contributed by atoms with Crippen LogP contribution in [0.2, 0.25) is 0 Å². The monoisotopic (exact) mass is 250 g/mol. The third kappa shape index (κ3) is 1.64. The van der Waals surface area contributed by atoms with Gasteiger partial charge in [-0.15, -0.1) is 10.2 Å². The van der Waals surface area contributed by atoms with Crippen LogP contribution in [0.5, 0.6) is 0 Å². The number of aliphatic hydroxyl groups excluding tert-OH is 1. The standard InChI is InChI=1S/C13H22N4O/c1-3-11(18)12-14-15-13(16(12)4-2)17-8-9-6-5-7-10(9)17/h9-11,18H,3-8H2,1-2H3/t9?,10?,11-/m1/s1. The first-order valence-electron chi connectivity index (χ1n) is 7.14. The number of aliphatic hydroxyl groups is 1. The normalized spacial score (nSPS) is 28.1. The van der Waals surface area contributed by atoms with Gasteiger partial charge in [0.25, 0.3) is 0 Å². The Morgan fingerprint density at radius 2 is 2.17 bits per heavy atom. The fraction of sp³-hybridized carbons (Fsp3) is 0.846. The van der Waals surface area contributed by atoms with Gasteiger partial charge in [-0.25, -0.2) is 0 Å². The van der Waals surface area contributed by atoms with Crippen LogP contribution < -0.4 is 4.90 Å². The molecule has 2 heterocycles. The minimum Gasteiger partial charge on any atom is -0.385 e. The topological polar surface area (TPSA) is 54.2 Å². The van der Waals surface area contributed by atoms with Crippen molar-refractivity contribution < 1.29 is 5.11 Å². The van der Waals surface area contributed by atoms with Crippen molar-refractivity contribution in [2.75, 3.05) is 11.4 Å². The molecule has 3 atom stereocenters. The predicted octanol–water partition coefficient (Wildman–Crippen LogP) is 1.73. The van der Waals surface area contributed by atoms with Crippen LogP contribution in [-0.4, -0.2) is 32.5 Å². The summed E-state index contributed by atoms with van der Waals surface area (Å²) in [5.41, 5.74) is 0. The molecule has 2 unspecified atom stereocenters. The van der Waals surface area contributed by atoms with Gasteiger partial charge in [0, 0.05) is 19.1 Å². The molecule has 0 aromatic carbocycles. The highest BCUT2D eigenvalue weighted by Gasteiger charge is 2.44. The number of anilines is 1. The van der Waals surface area contributed by atoms with Crippen LogP contribution in [0.25, 0.3) is 0 Å². The minimum absolute atomic E-state index is 0.494. The van der Waals surface area contributed by atoms with E-state index >= 15 is 0 Å². The number of hydrogen-bond donors (Lipinski definition) is 1. The van der Waals surface area contributed by atoms with E-state index in [0.717, 1.165) is 30.8 Å². The van der Waals surface area contributed by atoms with Crippen LogP contribution in [0.1, 0.15) is 51.5 Å². The van der Waals surface area contributed by atoms with Crippen molar-refractivity contribution in [2.24, 2.45) is 5.92 Å². The Labute approximate surface area is 108 Å². The average Bonchev–Trinajstić information content (AvgIpc) is 2.94. The maximum atomic E-state index is 9.97. The predicted molar refractivity (Wildman–Crippen MR) is 69.4 cm³/mol. The third-order valence-corrected chi connectivity index (χ3v) is 4.47. The van der Waals surface area contributed by atoms with Gasteiger partial charge in [-0.1, -0.05) is 13.3 Å². The third-order valence-electron chi connectivity index (χ3n) is 4.47. The average molecular weight is 250 g/mol. The van der Waals surface area contributed by atoms with E-state index in [4.69, 9.17) is 0 Å². The molecule has 0 spiro atoms. The highest BCUT2D eigenvalue weighted by molar-refractivity contribution is 5.39. The summed E-state index contributed by atoms with van der Waals surface area (Å²) in [6.07, 6.45) is 4.19. The Kier molecular flexibility index (Phi) is 3.01. The van der Waals surface area contributed by atoms with Crippen molar-refractivity contribution in [3.63, 3.8) is 0 Å². The molecule has 1 aliphatic carbocycles. The molecule has 100 valence electrons. The summed E-state index contributed by atoms with van der Waals surface area (Å²) < 4.78 is 2.07. The van der Waals surface area contributed by atoms with Gasteiger partial charge >= 0.3 is 0 Å². The van der Waals surface area contributed by atoms with Gasteiger partial charge in [0.1, 0.15) is 6.10 Å². The first-order chi connectivity index (χ1) is 8.76. The quantitative estimate of drug-likeness (QED) is 0.884. The summed E-state index contributed by atoms with van der Waals surface area (Å²) in [7, 11) is 0. The van der Waals surface area contributed by atoms with E-state index in [0.29, 0.717) is 12.5 Å². The van der Waals surface area contributed by atoms with Gasteiger partial charge in [-0.3, -0.25) is 4.57 Å². The first-order valence-corrected chi connectivity index (χ1v) is 7.14. The molecule has 1 saturated carbocycles. The summed E-state index contributed by atoms with van der Waals surface area (Å²) in [5, 5.41) is 18.5. The van der Waals surface area contributed by atoms with Crippen molar-refractivity contribution in [1.82, 2.24) is 14.8 Å². The van der Waals surface area contributed by atoms with Gasteiger partial charge in [-0.2, -0.15) is 0 Å². The molecule has 2 fully saturated rings. The number of nitrogens with zero attached hydrogens (tertiary/aromatic N) is 4. The fourth-order valence-electron chi connectivity index (χ4n) is 3.37. The molecule has 3 rings (SSSR count). The van der Waals surface area contributed by atoms with E-state index < -0.39 is 6.10 Å². The summed E-state index contributed by atoms with van der Waals surface area (Å²) in [6, 6.07) is 0.672. The van der Waals surface area contributed by atoms with Crippen LogP contribution in [0, 0.1) is 5.92 Å². The summed E-state index contributed by atoms with van der Waals surface area (Å²) >= 11 is 0. The lowest BCUT2D eigenvalue weighted by molar-refractivity contribution is 0.158.